The summed E-state index contributed by atoms with van der Waals surface area (Å²) in [6.45, 7) is 4.69. The minimum absolute atomic E-state index is 0.537. The maximum atomic E-state index is 5.59. The number of nitrogens with two attached hydrogens (primary N) is 1. The fraction of sp³-hybridized carbons (Fsp3) is 0.273. The van der Waals surface area contributed by atoms with Crippen LogP contribution in [-0.4, -0.2) is 0 Å². The molecule has 2 N–H and O–H groups in total. The highest BCUT2D eigenvalue weighted by Crippen LogP contribution is 2.25. The highest BCUT2D eigenvalue weighted by atomic mass is 16.3. The van der Waals surface area contributed by atoms with Crippen molar-refractivity contribution in [2.45, 2.75) is 20.4 Å². The topological polar surface area (TPSA) is 39.2 Å². The lowest BCUT2D eigenvalue weighted by molar-refractivity contribution is 0.608. The molecule has 0 radical (unpaired) electrons. The first-order chi connectivity index (χ1) is 6.24. The van der Waals surface area contributed by atoms with E-state index in [-0.39, 0.29) is 0 Å². The van der Waals surface area contributed by atoms with Crippen molar-refractivity contribution < 1.29 is 4.42 Å². The third-order valence-corrected chi connectivity index (χ3v) is 2.56. The first kappa shape index (κ1) is 8.32. The lowest BCUT2D eigenvalue weighted by Crippen LogP contribution is -1.94. The summed E-state index contributed by atoms with van der Waals surface area (Å²) >= 11 is 0. The molecule has 2 rings (SSSR count). The van der Waals surface area contributed by atoms with Gasteiger partial charge in [0.15, 0.2) is 0 Å². The van der Waals surface area contributed by atoms with Crippen LogP contribution in [0.15, 0.2) is 22.8 Å². The smallest absolute Gasteiger partial charge is 0.137 e. The predicted molar refractivity (Wildman–Crippen MR) is 53.6 cm³/mol. The van der Waals surface area contributed by atoms with Gasteiger partial charge in [-0.1, -0.05) is 12.1 Å². The van der Waals surface area contributed by atoms with E-state index >= 15 is 0 Å². The van der Waals surface area contributed by atoms with E-state index < -0.39 is 0 Å². The van der Waals surface area contributed by atoms with Gasteiger partial charge < -0.3 is 10.2 Å². The standard InChI is InChI=1S/C11H13NO/c1-7-3-4-10-9(5-12)6-13-11(10)8(7)2/h3-4,6H,5,12H2,1-2H3. The van der Waals surface area contributed by atoms with Crippen molar-refractivity contribution in [3.8, 4) is 0 Å². The van der Waals surface area contributed by atoms with Crippen LogP contribution < -0.4 is 5.73 Å². The van der Waals surface area contributed by atoms with E-state index in [4.69, 9.17) is 10.2 Å². The average Bonchev–Trinajstić information content (AvgIpc) is 2.55. The van der Waals surface area contributed by atoms with Crippen molar-refractivity contribution >= 4 is 11.0 Å². The van der Waals surface area contributed by atoms with Crippen molar-refractivity contribution in [2.24, 2.45) is 5.73 Å². The van der Waals surface area contributed by atoms with Gasteiger partial charge in [-0.05, 0) is 25.0 Å². The zero-order chi connectivity index (χ0) is 9.42. The van der Waals surface area contributed by atoms with Crippen LogP contribution in [0.4, 0.5) is 0 Å². The normalized spacial score (nSPS) is 11.0. The lowest BCUT2D eigenvalue weighted by atomic mass is 10.1. The van der Waals surface area contributed by atoms with E-state index in [1.165, 1.54) is 11.1 Å². The van der Waals surface area contributed by atoms with Gasteiger partial charge in [0.1, 0.15) is 5.58 Å². The number of benzene rings is 1. The Morgan fingerprint density at radius 2 is 2.08 bits per heavy atom. The molecule has 0 bridgehead atoms. The van der Waals surface area contributed by atoms with Crippen LogP contribution in [0.5, 0.6) is 0 Å². The molecule has 2 heteroatoms. The Bertz CT molecular complexity index is 443. The van der Waals surface area contributed by atoms with Gasteiger partial charge >= 0.3 is 0 Å². The van der Waals surface area contributed by atoms with E-state index in [0.717, 1.165) is 16.5 Å². The highest BCUT2D eigenvalue weighted by molar-refractivity contribution is 5.84. The summed E-state index contributed by atoms with van der Waals surface area (Å²) in [5.41, 5.74) is 10.1. The monoisotopic (exact) mass is 175 g/mol. The molecule has 68 valence electrons. The fourth-order valence-electron chi connectivity index (χ4n) is 1.55. The maximum absolute atomic E-state index is 5.59. The van der Waals surface area contributed by atoms with E-state index in [2.05, 4.69) is 26.0 Å². The number of furan rings is 1. The van der Waals surface area contributed by atoms with Crippen molar-refractivity contribution in [3.63, 3.8) is 0 Å². The van der Waals surface area contributed by atoms with Crippen molar-refractivity contribution in [3.05, 3.63) is 35.1 Å². The summed E-state index contributed by atoms with van der Waals surface area (Å²) in [4.78, 5) is 0. The molecule has 0 saturated carbocycles. The number of hydrogen-bond acceptors (Lipinski definition) is 2. The Balaban J connectivity index is 2.81. The largest absolute Gasteiger partial charge is 0.464 e. The molecule has 0 fully saturated rings. The second-order valence-electron chi connectivity index (χ2n) is 3.35. The van der Waals surface area contributed by atoms with Gasteiger partial charge in [-0.25, -0.2) is 0 Å². The molecule has 1 heterocycles. The molecule has 0 atom stereocenters. The van der Waals surface area contributed by atoms with Gasteiger partial charge in [-0.3, -0.25) is 0 Å². The summed E-state index contributed by atoms with van der Waals surface area (Å²) < 4.78 is 5.47. The third-order valence-electron chi connectivity index (χ3n) is 2.56. The molecule has 0 aliphatic rings. The van der Waals surface area contributed by atoms with Crippen molar-refractivity contribution in [2.75, 3.05) is 0 Å². The van der Waals surface area contributed by atoms with Gasteiger partial charge in [-0.2, -0.15) is 0 Å². The molecule has 0 saturated heterocycles. The molecule has 0 spiro atoms. The minimum atomic E-state index is 0.537. The Hall–Kier alpha value is -1.28. The molecule has 1 aromatic carbocycles. The summed E-state index contributed by atoms with van der Waals surface area (Å²) in [6.07, 6.45) is 1.75. The third kappa shape index (κ3) is 1.14. The van der Waals surface area contributed by atoms with Crippen LogP contribution in [0.1, 0.15) is 16.7 Å². The molecule has 2 aromatic rings. The van der Waals surface area contributed by atoms with Gasteiger partial charge in [0.25, 0.3) is 0 Å². The van der Waals surface area contributed by atoms with E-state index in [1.807, 2.05) is 0 Å². The number of rotatable bonds is 1. The Kier molecular flexibility index (Phi) is 1.85. The molecule has 0 unspecified atom stereocenters. The summed E-state index contributed by atoms with van der Waals surface area (Å²) in [5, 5.41) is 1.14. The van der Waals surface area contributed by atoms with Crippen molar-refractivity contribution in [1.29, 1.82) is 0 Å². The SMILES string of the molecule is Cc1ccc2c(CN)coc2c1C. The fourth-order valence-corrected chi connectivity index (χ4v) is 1.55. The van der Waals surface area contributed by atoms with Crippen molar-refractivity contribution in [1.82, 2.24) is 0 Å². The zero-order valence-corrected chi connectivity index (χ0v) is 7.92. The Labute approximate surface area is 77.3 Å². The first-order valence-electron chi connectivity index (χ1n) is 4.40. The molecular weight excluding hydrogens is 162 g/mol. The lowest BCUT2D eigenvalue weighted by Gasteiger charge is -1.99. The van der Waals surface area contributed by atoms with Crippen LogP contribution >= 0.6 is 0 Å². The molecule has 0 amide bonds. The van der Waals surface area contributed by atoms with Crippen LogP contribution in [0, 0.1) is 13.8 Å². The first-order valence-corrected chi connectivity index (χ1v) is 4.40. The second kappa shape index (κ2) is 2.89. The zero-order valence-electron chi connectivity index (χ0n) is 7.92. The second-order valence-corrected chi connectivity index (χ2v) is 3.35. The Morgan fingerprint density at radius 3 is 2.77 bits per heavy atom. The maximum Gasteiger partial charge on any atom is 0.137 e. The number of aryl methyl sites for hydroxylation is 2. The van der Waals surface area contributed by atoms with E-state index in [1.54, 1.807) is 6.26 Å². The quantitative estimate of drug-likeness (QED) is 0.723. The molecule has 0 aliphatic heterocycles. The van der Waals surface area contributed by atoms with Gasteiger partial charge in [0, 0.05) is 17.5 Å². The average molecular weight is 175 g/mol. The molecule has 2 nitrogen and oxygen atoms in total. The molecular formula is C11H13NO. The number of hydrogen-bond donors (Lipinski definition) is 1. The summed E-state index contributed by atoms with van der Waals surface area (Å²) in [6, 6.07) is 4.18. The minimum Gasteiger partial charge on any atom is -0.464 e. The molecule has 0 aliphatic carbocycles. The van der Waals surface area contributed by atoms with E-state index in [0.29, 0.717) is 6.54 Å². The summed E-state index contributed by atoms with van der Waals surface area (Å²) in [7, 11) is 0. The van der Waals surface area contributed by atoms with Gasteiger partial charge in [0.05, 0.1) is 6.26 Å². The highest BCUT2D eigenvalue weighted by Gasteiger charge is 2.07. The predicted octanol–water partition coefficient (Wildman–Crippen LogP) is 2.51. The van der Waals surface area contributed by atoms with Crippen LogP contribution in [-0.2, 0) is 6.54 Å². The van der Waals surface area contributed by atoms with Crippen LogP contribution in [0.25, 0.3) is 11.0 Å². The van der Waals surface area contributed by atoms with Gasteiger partial charge in [0.2, 0.25) is 0 Å². The van der Waals surface area contributed by atoms with Crippen LogP contribution in [0.3, 0.4) is 0 Å². The molecule has 13 heavy (non-hydrogen) atoms. The Morgan fingerprint density at radius 1 is 1.31 bits per heavy atom. The van der Waals surface area contributed by atoms with Gasteiger partial charge in [-0.15, -0.1) is 0 Å². The number of fused-ring (bicyclic) bond motifs is 1. The van der Waals surface area contributed by atoms with E-state index in [9.17, 15) is 0 Å². The molecule has 1 aromatic heterocycles. The summed E-state index contributed by atoms with van der Waals surface area (Å²) in [5.74, 6) is 0. The van der Waals surface area contributed by atoms with Crippen LogP contribution in [0.2, 0.25) is 0 Å².